The van der Waals surface area contributed by atoms with Gasteiger partial charge < -0.3 is 4.74 Å². The average molecular weight is 346 g/mol. The number of rotatable bonds is 3. The fourth-order valence-corrected chi connectivity index (χ4v) is 3.83. The summed E-state index contributed by atoms with van der Waals surface area (Å²) < 4.78 is 5.87. The monoisotopic (exact) mass is 345 g/mol. The second-order valence-corrected chi connectivity index (χ2v) is 6.90. The Hall–Kier alpha value is -1.53. The first-order valence-electron chi connectivity index (χ1n) is 7.57. The number of benzene rings is 1. The van der Waals surface area contributed by atoms with Crippen LogP contribution < -0.4 is 0 Å². The van der Waals surface area contributed by atoms with Crippen molar-refractivity contribution in [1.82, 2.24) is 14.9 Å². The first kappa shape index (κ1) is 15.0. The number of thiazole rings is 1. The fourth-order valence-electron chi connectivity index (χ4n) is 2.94. The van der Waals surface area contributed by atoms with E-state index in [4.69, 9.17) is 16.3 Å². The molecule has 0 aliphatic carbocycles. The molecule has 6 heteroatoms. The zero-order chi connectivity index (χ0) is 15.6. The van der Waals surface area contributed by atoms with Crippen LogP contribution in [0.15, 0.2) is 42.0 Å². The normalized spacial score (nSPS) is 19.3. The van der Waals surface area contributed by atoms with E-state index in [1.807, 2.05) is 36.0 Å². The molecule has 1 aromatic carbocycles. The van der Waals surface area contributed by atoms with Gasteiger partial charge in [-0.05, 0) is 12.1 Å². The summed E-state index contributed by atoms with van der Waals surface area (Å²) in [5, 5.41) is 4.92. The van der Waals surface area contributed by atoms with Gasteiger partial charge in [0.25, 0.3) is 0 Å². The predicted octanol–water partition coefficient (Wildman–Crippen LogP) is 3.92. The van der Waals surface area contributed by atoms with Gasteiger partial charge in [0.05, 0.1) is 12.1 Å². The molecule has 0 amide bonds. The number of hydrogen-bond acceptors (Lipinski definition) is 5. The Bertz CT molecular complexity index is 809. The van der Waals surface area contributed by atoms with Crippen molar-refractivity contribution in [2.75, 3.05) is 19.7 Å². The molecule has 0 bridgehead atoms. The van der Waals surface area contributed by atoms with Crippen molar-refractivity contribution in [1.29, 1.82) is 0 Å². The Morgan fingerprint density at radius 2 is 2.22 bits per heavy atom. The van der Waals surface area contributed by atoms with E-state index >= 15 is 0 Å². The van der Waals surface area contributed by atoms with Crippen LogP contribution in [0.1, 0.15) is 16.7 Å². The smallest absolute Gasteiger partial charge is 0.123 e. The van der Waals surface area contributed by atoms with Crippen LogP contribution in [0.4, 0.5) is 0 Å². The van der Waals surface area contributed by atoms with Crippen LogP contribution in [-0.4, -0.2) is 34.6 Å². The molecule has 3 heterocycles. The minimum absolute atomic E-state index is 0.0467. The molecule has 23 heavy (non-hydrogen) atoms. The summed E-state index contributed by atoms with van der Waals surface area (Å²) in [6, 6.07) is 8.00. The highest BCUT2D eigenvalue weighted by Gasteiger charge is 2.24. The lowest BCUT2D eigenvalue weighted by Crippen LogP contribution is -2.37. The Morgan fingerprint density at radius 3 is 3.09 bits per heavy atom. The number of hydrogen-bond donors (Lipinski definition) is 0. The van der Waals surface area contributed by atoms with Crippen molar-refractivity contribution < 1.29 is 4.74 Å². The summed E-state index contributed by atoms with van der Waals surface area (Å²) in [6.07, 6.45) is 3.69. The zero-order valence-corrected chi connectivity index (χ0v) is 14.1. The van der Waals surface area contributed by atoms with Crippen LogP contribution in [-0.2, 0) is 11.3 Å². The van der Waals surface area contributed by atoms with Crippen LogP contribution in [0, 0.1) is 0 Å². The lowest BCUT2D eigenvalue weighted by molar-refractivity contribution is -0.0328. The summed E-state index contributed by atoms with van der Waals surface area (Å²) in [6.45, 7) is 3.20. The molecule has 4 nitrogen and oxygen atoms in total. The Labute approximate surface area is 143 Å². The van der Waals surface area contributed by atoms with E-state index in [9.17, 15) is 0 Å². The Kier molecular flexibility index (Phi) is 4.27. The molecule has 2 aromatic heterocycles. The SMILES string of the molecule is Clc1ccc2cccnc2c1CN1CCOC(c2nccs2)C1. The lowest BCUT2D eigenvalue weighted by atomic mass is 10.1. The summed E-state index contributed by atoms with van der Waals surface area (Å²) in [5.41, 5.74) is 2.07. The molecule has 1 saturated heterocycles. The fraction of sp³-hybridized carbons (Fsp3) is 0.294. The predicted molar refractivity (Wildman–Crippen MR) is 92.8 cm³/mol. The standard InChI is InChI=1S/C17H16ClN3OS/c18-14-4-3-12-2-1-5-19-16(12)13(14)10-21-7-8-22-15(11-21)17-20-6-9-23-17/h1-6,9,15H,7-8,10-11H2. The van der Waals surface area contributed by atoms with Gasteiger partial charge in [0.2, 0.25) is 0 Å². The Morgan fingerprint density at radius 1 is 1.26 bits per heavy atom. The molecule has 3 aromatic rings. The summed E-state index contributed by atoms with van der Waals surface area (Å²) in [5.74, 6) is 0. The maximum atomic E-state index is 6.45. The summed E-state index contributed by atoms with van der Waals surface area (Å²) in [7, 11) is 0. The highest BCUT2D eigenvalue weighted by Crippen LogP contribution is 2.29. The van der Waals surface area contributed by atoms with Gasteiger partial charge >= 0.3 is 0 Å². The number of morpholine rings is 1. The molecule has 1 fully saturated rings. The topological polar surface area (TPSA) is 38.2 Å². The second kappa shape index (κ2) is 6.53. The third-order valence-electron chi connectivity index (χ3n) is 4.08. The van der Waals surface area contributed by atoms with Crippen molar-refractivity contribution in [3.63, 3.8) is 0 Å². The van der Waals surface area contributed by atoms with Crippen LogP contribution in [0.5, 0.6) is 0 Å². The van der Waals surface area contributed by atoms with Gasteiger partial charge in [-0.25, -0.2) is 4.98 Å². The number of fused-ring (bicyclic) bond motifs is 1. The highest BCUT2D eigenvalue weighted by molar-refractivity contribution is 7.09. The van der Waals surface area contributed by atoms with Crippen molar-refractivity contribution in [2.45, 2.75) is 12.6 Å². The van der Waals surface area contributed by atoms with Gasteiger partial charge in [0.15, 0.2) is 0 Å². The number of aromatic nitrogens is 2. The van der Waals surface area contributed by atoms with E-state index < -0.39 is 0 Å². The third kappa shape index (κ3) is 3.10. The van der Waals surface area contributed by atoms with E-state index in [-0.39, 0.29) is 6.10 Å². The minimum Gasteiger partial charge on any atom is -0.368 e. The maximum absolute atomic E-state index is 6.45. The van der Waals surface area contributed by atoms with Gasteiger partial charge in [-0.2, -0.15) is 0 Å². The van der Waals surface area contributed by atoms with Gasteiger partial charge in [0, 0.05) is 53.4 Å². The molecule has 0 N–H and O–H groups in total. The molecular formula is C17H16ClN3OS. The highest BCUT2D eigenvalue weighted by atomic mass is 35.5. The van der Waals surface area contributed by atoms with Crippen LogP contribution >= 0.6 is 22.9 Å². The van der Waals surface area contributed by atoms with Crippen molar-refractivity contribution >= 4 is 33.8 Å². The van der Waals surface area contributed by atoms with E-state index in [0.29, 0.717) is 6.61 Å². The molecule has 1 unspecified atom stereocenters. The van der Waals surface area contributed by atoms with Gasteiger partial charge in [-0.3, -0.25) is 9.88 Å². The number of halogens is 1. The molecule has 4 rings (SSSR count). The van der Waals surface area contributed by atoms with E-state index in [1.165, 1.54) is 0 Å². The summed E-state index contributed by atoms with van der Waals surface area (Å²) >= 11 is 8.09. The molecular weight excluding hydrogens is 330 g/mol. The lowest BCUT2D eigenvalue weighted by Gasteiger charge is -2.32. The number of ether oxygens (including phenoxy) is 1. The van der Waals surface area contributed by atoms with E-state index in [1.54, 1.807) is 11.3 Å². The molecule has 1 aliphatic heterocycles. The second-order valence-electron chi connectivity index (χ2n) is 5.57. The number of pyridine rings is 1. The Balaban J connectivity index is 1.59. The van der Waals surface area contributed by atoms with Crippen LogP contribution in [0.3, 0.4) is 0 Å². The van der Waals surface area contributed by atoms with Gasteiger partial charge in [-0.15, -0.1) is 11.3 Å². The molecule has 0 radical (unpaired) electrons. The first-order chi connectivity index (χ1) is 11.3. The largest absolute Gasteiger partial charge is 0.368 e. The zero-order valence-electron chi connectivity index (χ0n) is 12.5. The van der Waals surface area contributed by atoms with Crippen molar-refractivity contribution in [2.24, 2.45) is 0 Å². The van der Waals surface area contributed by atoms with Crippen LogP contribution in [0.25, 0.3) is 10.9 Å². The molecule has 0 spiro atoms. The van der Waals surface area contributed by atoms with Crippen molar-refractivity contribution in [3.05, 3.63) is 57.6 Å². The first-order valence-corrected chi connectivity index (χ1v) is 8.82. The van der Waals surface area contributed by atoms with E-state index in [2.05, 4.69) is 20.9 Å². The third-order valence-corrected chi connectivity index (χ3v) is 5.30. The molecule has 0 saturated carbocycles. The summed E-state index contributed by atoms with van der Waals surface area (Å²) in [4.78, 5) is 11.3. The molecule has 1 aliphatic rings. The maximum Gasteiger partial charge on any atom is 0.123 e. The quantitative estimate of drug-likeness (QED) is 0.721. The minimum atomic E-state index is 0.0467. The van der Waals surface area contributed by atoms with Crippen molar-refractivity contribution in [3.8, 4) is 0 Å². The van der Waals surface area contributed by atoms with Gasteiger partial charge in [0.1, 0.15) is 11.1 Å². The van der Waals surface area contributed by atoms with E-state index in [0.717, 1.165) is 46.1 Å². The molecule has 1 atom stereocenters. The van der Waals surface area contributed by atoms with Crippen LogP contribution in [0.2, 0.25) is 5.02 Å². The average Bonchev–Trinajstić information content (AvgIpc) is 3.12. The van der Waals surface area contributed by atoms with Gasteiger partial charge in [-0.1, -0.05) is 23.7 Å². The molecule has 118 valence electrons. The number of nitrogens with zero attached hydrogens (tertiary/aromatic N) is 3.